The third-order valence-electron chi connectivity index (χ3n) is 5.48. The molecule has 0 N–H and O–H groups in total. The second kappa shape index (κ2) is 7.43. The zero-order chi connectivity index (χ0) is 20.7. The van der Waals surface area contributed by atoms with Crippen molar-refractivity contribution in [2.45, 2.75) is 40.8 Å². The summed E-state index contributed by atoms with van der Waals surface area (Å²) in [6, 6.07) is 7.71. The van der Waals surface area contributed by atoms with Gasteiger partial charge in [0.05, 0.1) is 31.0 Å². The van der Waals surface area contributed by atoms with Crippen LogP contribution < -0.4 is 9.80 Å². The molecule has 2 bridgehead atoms. The van der Waals surface area contributed by atoms with Crippen molar-refractivity contribution in [1.29, 1.82) is 0 Å². The molecule has 2 heterocycles. The zero-order valence-corrected chi connectivity index (χ0v) is 17.4. The van der Waals surface area contributed by atoms with Gasteiger partial charge in [-0.05, 0) is 74.2 Å². The lowest BCUT2D eigenvalue weighted by molar-refractivity contribution is 0.0516. The van der Waals surface area contributed by atoms with E-state index in [-0.39, 0.29) is 11.9 Å². The molecule has 6 nitrogen and oxygen atoms in total. The fourth-order valence-electron chi connectivity index (χ4n) is 4.53. The number of ether oxygens (including phenoxy) is 2. The molecule has 2 aliphatic rings. The van der Waals surface area contributed by atoms with Gasteiger partial charge in [0.1, 0.15) is 0 Å². The van der Waals surface area contributed by atoms with Crippen LogP contribution in [0.4, 0.5) is 11.4 Å². The molecule has 0 saturated carbocycles. The summed E-state index contributed by atoms with van der Waals surface area (Å²) in [6.07, 6.45) is 0. The smallest absolute Gasteiger partial charge is 0.338 e. The summed E-state index contributed by atoms with van der Waals surface area (Å²) in [6.45, 7) is 10.6. The van der Waals surface area contributed by atoms with E-state index in [1.54, 1.807) is 0 Å². The monoisotopic (exact) mass is 394 g/mol. The number of nitrogens with zero attached hydrogens (tertiary/aromatic N) is 2. The Balaban J connectivity index is 1.73. The molecule has 0 aromatic heterocycles. The maximum Gasteiger partial charge on any atom is 0.338 e. The van der Waals surface area contributed by atoms with Gasteiger partial charge in [-0.2, -0.15) is 0 Å². The summed E-state index contributed by atoms with van der Waals surface area (Å²) < 4.78 is 10.4. The molecule has 2 aliphatic heterocycles. The van der Waals surface area contributed by atoms with Gasteiger partial charge in [0, 0.05) is 24.5 Å². The summed E-state index contributed by atoms with van der Waals surface area (Å²) in [5.74, 6) is -0.565. The van der Waals surface area contributed by atoms with Gasteiger partial charge in [0.15, 0.2) is 0 Å². The molecular formula is C23H26N2O4. The second-order valence-electron chi connectivity index (χ2n) is 7.58. The lowest BCUT2D eigenvalue weighted by atomic mass is 9.94. The third-order valence-corrected chi connectivity index (χ3v) is 5.48. The molecular weight excluding hydrogens is 368 g/mol. The first-order valence-electron chi connectivity index (χ1n) is 10.0. The van der Waals surface area contributed by atoms with Crippen molar-refractivity contribution in [2.75, 3.05) is 29.7 Å². The highest BCUT2D eigenvalue weighted by Gasteiger charge is 2.32. The summed E-state index contributed by atoms with van der Waals surface area (Å²) >= 11 is 0. The van der Waals surface area contributed by atoms with Crippen molar-refractivity contribution in [3.63, 3.8) is 0 Å². The van der Waals surface area contributed by atoms with Gasteiger partial charge in [-0.25, -0.2) is 9.59 Å². The zero-order valence-electron chi connectivity index (χ0n) is 17.4. The normalized spacial score (nSPS) is 14.2. The van der Waals surface area contributed by atoms with Gasteiger partial charge in [-0.15, -0.1) is 0 Å². The number of anilines is 2. The van der Waals surface area contributed by atoms with Crippen molar-refractivity contribution in [2.24, 2.45) is 0 Å². The summed E-state index contributed by atoms with van der Waals surface area (Å²) in [5, 5.41) is 0. The van der Waals surface area contributed by atoms with Gasteiger partial charge in [-0.3, -0.25) is 0 Å². The van der Waals surface area contributed by atoms with Gasteiger partial charge >= 0.3 is 11.9 Å². The lowest BCUT2D eigenvalue weighted by Crippen LogP contribution is -2.47. The lowest BCUT2D eigenvalue weighted by Gasteiger charge is -2.46. The maximum absolute atomic E-state index is 12.2. The molecule has 0 fully saturated rings. The summed E-state index contributed by atoms with van der Waals surface area (Å²) in [4.78, 5) is 29.1. The van der Waals surface area contributed by atoms with Crippen LogP contribution in [-0.4, -0.2) is 31.8 Å². The van der Waals surface area contributed by atoms with Crippen LogP contribution in [0.1, 0.15) is 56.8 Å². The van der Waals surface area contributed by atoms with Crippen molar-refractivity contribution < 1.29 is 19.1 Å². The predicted molar refractivity (Wildman–Crippen MR) is 112 cm³/mol. The molecule has 0 unspecified atom stereocenters. The minimum atomic E-state index is -0.283. The first kappa shape index (κ1) is 19.3. The molecule has 0 atom stereocenters. The van der Waals surface area contributed by atoms with E-state index in [1.807, 2.05) is 52.0 Å². The number of hydrogen-bond donors (Lipinski definition) is 0. The largest absolute Gasteiger partial charge is 0.462 e. The summed E-state index contributed by atoms with van der Waals surface area (Å²) in [7, 11) is 0. The van der Waals surface area contributed by atoms with Crippen LogP contribution in [0.3, 0.4) is 0 Å². The highest BCUT2D eigenvalue weighted by molar-refractivity contribution is 5.92. The molecule has 29 heavy (non-hydrogen) atoms. The minimum absolute atomic E-state index is 0.283. The van der Waals surface area contributed by atoms with E-state index in [0.29, 0.717) is 37.4 Å². The Morgan fingerprint density at radius 2 is 1.21 bits per heavy atom. The van der Waals surface area contributed by atoms with E-state index in [2.05, 4.69) is 9.80 Å². The van der Waals surface area contributed by atoms with E-state index in [4.69, 9.17) is 9.47 Å². The third kappa shape index (κ3) is 3.33. The van der Waals surface area contributed by atoms with Crippen molar-refractivity contribution in [3.8, 4) is 0 Å². The number of aryl methyl sites for hydroxylation is 2. The van der Waals surface area contributed by atoms with E-state index in [0.717, 1.165) is 28.9 Å². The average molecular weight is 394 g/mol. The molecule has 2 aromatic rings. The molecule has 0 aliphatic carbocycles. The molecule has 2 aromatic carbocycles. The fraction of sp³-hybridized carbons (Fsp3) is 0.391. The van der Waals surface area contributed by atoms with E-state index in [9.17, 15) is 9.59 Å². The Bertz CT molecular complexity index is 919. The van der Waals surface area contributed by atoms with Crippen molar-refractivity contribution in [1.82, 2.24) is 0 Å². The van der Waals surface area contributed by atoms with Crippen molar-refractivity contribution in [3.05, 3.63) is 57.6 Å². The van der Waals surface area contributed by atoms with Gasteiger partial charge in [0.2, 0.25) is 0 Å². The topological polar surface area (TPSA) is 59.1 Å². The van der Waals surface area contributed by atoms with Gasteiger partial charge in [-0.1, -0.05) is 0 Å². The highest BCUT2D eigenvalue weighted by Crippen LogP contribution is 2.42. The molecule has 0 saturated heterocycles. The van der Waals surface area contributed by atoms with E-state index < -0.39 is 0 Å². The quantitative estimate of drug-likeness (QED) is 0.732. The average Bonchev–Trinajstić information content (AvgIpc) is 2.67. The van der Waals surface area contributed by atoms with E-state index in [1.165, 1.54) is 11.4 Å². The van der Waals surface area contributed by atoms with Crippen LogP contribution in [0.15, 0.2) is 24.3 Å². The standard InChI is InChI=1S/C23H26N2O4/c1-5-28-22(26)16-7-14(3)20-18(9-16)11-24-13-25(20)12-19-10-17(23(27)29-6-2)8-15(4)21(19)24/h7-10H,5-6,11-13H2,1-4H3. The second-order valence-corrected chi connectivity index (χ2v) is 7.58. The molecule has 4 rings (SSSR count). The van der Waals surface area contributed by atoms with Crippen LogP contribution in [-0.2, 0) is 22.6 Å². The molecule has 0 amide bonds. The van der Waals surface area contributed by atoms with Crippen molar-refractivity contribution >= 4 is 23.3 Å². The van der Waals surface area contributed by atoms with Crippen LogP contribution >= 0.6 is 0 Å². The molecule has 0 spiro atoms. The minimum Gasteiger partial charge on any atom is -0.462 e. The molecule has 152 valence electrons. The highest BCUT2D eigenvalue weighted by atomic mass is 16.5. The van der Waals surface area contributed by atoms with Crippen LogP contribution in [0.25, 0.3) is 0 Å². The number of carbonyl (C=O) groups is 2. The number of esters is 2. The van der Waals surface area contributed by atoms with E-state index >= 15 is 0 Å². The Hall–Kier alpha value is -3.02. The number of rotatable bonds is 4. The fourth-order valence-corrected chi connectivity index (χ4v) is 4.53. The summed E-state index contributed by atoms with van der Waals surface area (Å²) in [5.41, 5.74) is 7.90. The number of carbonyl (C=O) groups excluding carboxylic acids is 2. The number of fused-ring (bicyclic) bond motifs is 6. The van der Waals surface area contributed by atoms with Gasteiger partial charge in [0.25, 0.3) is 0 Å². The predicted octanol–water partition coefficient (Wildman–Crippen LogP) is 3.95. The first-order valence-corrected chi connectivity index (χ1v) is 10.0. The van der Waals surface area contributed by atoms with Crippen LogP contribution in [0.5, 0.6) is 0 Å². The Labute approximate surface area is 171 Å². The molecule has 0 radical (unpaired) electrons. The van der Waals surface area contributed by atoms with Crippen LogP contribution in [0, 0.1) is 13.8 Å². The Morgan fingerprint density at radius 3 is 1.59 bits per heavy atom. The van der Waals surface area contributed by atoms with Crippen LogP contribution in [0.2, 0.25) is 0 Å². The molecule has 6 heteroatoms. The Kier molecular flexibility index (Phi) is 4.94. The first-order chi connectivity index (χ1) is 13.9. The Morgan fingerprint density at radius 1 is 0.793 bits per heavy atom. The maximum atomic E-state index is 12.2. The number of hydrogen-bond acceptors (Lipinski definition) is 6. The van der Waals surface area contributed by atoms with Gasteiger partial charge < -0.3 is 19.3 Å². The number of benzene rings is 2. The SMILES string of the molecule is CCOC(=O)c1cc(C)c2c(c1)CN1CN2Cc2cc(C(=O)OCC)cc(C)c21.